The summed E-state index contributed by atoms with van der Waals surface area (Å²) in [6.07, 6.45) is 2.88. The van der Waals surface area contributed by atoms with Crippen molar-refractivity contribution in [1.82, 2.24) is 14.8 Å². The molecule has 0 bridgehead atoms. The fraction of sp³-hybridized carbons (Fsp3) is 0.333. The predicted molar refractivity (Wildman–Crippen MR) is 76.5 cm³/mol. The maximum atomic E-state index is 11.1. The normalized spacial score (nSPS) is 11.7. The van der Waals surface area contributed by atoms with Gasteiger partial charge < -0.3 is 0 Å². The van der Waals surface area contributed by atoms with Crippen LogP contribution in [-0.2, 0) is 9.84 Å². The van der Waals surface area contributed by atoms with Crippen LogP contribution >= 0.6 is 11.8 Å². The van der Waals surface area contributed by atoms with E-state index in [1.54, 1.807) is 6.33 Å². The number of nitrogens with zero attached hydrogens (tertiary/aromatic N) is 3. The fourth-order valence-electron chi connectivity index (χ4n) is 1.61. The van der Waals surface area contributed by atoms with Crippen LogP contribution in [0.25, 0.3) is 5.69 Å². The Morgan fingerprint density at radius 2 is 2.05 bits per heavy atom. The Balaban J connectivity index is 2.17. The molecule has 0 amide bonds. The number of aromatic nitrogens is 3. The smallest absolute Gasteiger partial charge is 0.195 e. The van der Waals surface area contributed by atoms with Crippen LogP contribution in [0.2, 0.25) is 0 Å². The van der Waals surface area contributed by atoms with Crippen LogP contribution in [0.1, 0.15) is 5.56 Å². The SMILES string of the molecule is Cc1ccccc1-n1cnnc1SCCS(C)(=O)=O. The van der Waals surface area contributed by atoms with Gasteiger partial charge in [0.1, 0.15) is 16.2 Å². The summed E-state index contributed by atoms with van der Waals surface area (Å²) in [5.41, 5.74) is 2.13. The number of hydrogen-bond acceptors (Lipinski definition) is 5. The second-order valence-electron chi connectivity index (χ2n) is 4.25. The zero-order valence-corrected chi connectivity index (χ0v) is 12.4. The van der Waals surface area contributed by atoms with Crippen LogP contribution in [0, 0.1) is 6.92 Å². The van der Waals surface area contributed by atoms with E-state index in [1.165, 1.54) is 18.0 Å². The highest BCUT2D eigenvalue weighted by atomic mass is 32.2. The average Bonchev–Trinajstić information content (AvgIpc) is 2.76. The lowest BCUT2D eigenvalue weighted by Crippen LogP contribution is -2.06. The first kappa shape index (κ1) is 14.1. The summed E-state index contributed by atoms with van der Waals surface area (Å²) >= 11 is 1.39. The lowest BCUT2D eigenvalue weighted by molar-refractivity contribution is 0.603. The first-order chi connectivity index (χ1) is 8.97. The standard InChI is InChI=1S/C12H15N3O2S2/c1-10-5-3-4-6-11(10)15-9-13-14-12(15)18-7-8-19(2,16)17/h3-6,9H,7-8H2,1-2H3. The molecule has 7 heteroatoms. The van der Waals surface area contributed by atoms with Crippen molar-refractivity contribution >= 4 is 21.6 Å². The van der Waals surface area contributed by atoms with Crippen molar-refractivity contribution in [3.8, 4) is 5.69 Å². The lowest BCUT2D eigenvalue weighted by atomic mass is 10.2. The second-order valence-corrected chi connectivity index (χ2v) is 7.57. The lowest BCUT2D eigenvalue weighted by Gasteiger charge is -2.08. The molecule has 0 atom stereocenters. The third kappa shape index (κ3) is 3.81. The molecule has 19 heavy (non-hydrogen) atoms. The van der Waals surface area contributed by atoms with Crippen molar-refractivity contribution in [3.05, 3.63) is 36.2 Å². The van der Waals surface area contributed by atoms with Crippen molar-refractivity contribution in [2.24, 2.45) is 0 Å². The van der Waals surface area contributed by atoms with Crippen LogP contribution in [0.4, 0.5) is 0 Å². The Bertz CT molecular complexity index is 665. The zero-order valence-electron chi connectivity index (χ0n) is 10.8. The molecule has 0 spiro atoms. The van der Waals surface area contributed by atoms with Gasteiger partial charge in [0.25, 0.3) is 0 Å². The van der Waals surface area contributed by atoms with Crippen molar-refractivity contribution in [1.29, 1.82) is 0 Å². The fourth-order valence-corrected chi connectivity index (χ4v) is 3.72. The Morgan fingerprint density at radius 1 is 1.32 bits per heavy atom. The van der Waals surface area contributed by atoms with Gasteiger partial charge in [-0.1, -0.05) is 30.0 Å². The Hall–Kier alpha value is -1.34. The van der Waals surface area contributed by atoms with Crippen LogP contribution in [-0.4, -0.2) is 40.9 Å². The van der Waals surface area contributed by atoms with E-state index >= 15 is 0 Å². The van der Waals surface area contributed by atoms with E-state index in [9.17, 15) is 8.42 Å². The average molecular weight is 297 g/mol. The van der Waals surface area contributed by atoms with Gasteiger partial charge in [0.2, 0.25) is 0 Å². The van der Waals surface area contributed by atoms with Gasteiger partial charge in [0.15, 0.2) is 5.16 Å². The Kier molecular flexibility index (Phi) is 4.26. The highest BCUT2D eigenvalue weighted by Gasteiger charge is 2.10. The van der Waals surface area contributed by atoms with E-state index in [0.29, 0.717) is 10.9 Å². The topological polar surface area (TPSA) is 64.8 Å². The molecule has 0 saturated carbocycles. The second kappa shape index (κ2) is 5.75. The molecular weight excluding hydrogens is 282 g/mol. The quantitative estimate of drug-likeness (QED) is 0.786. The Labute approximate surface area is 117 Å². The maximum absolute atomic E-state index is 11.1. The van der Waals surface area contributed by atoms with Gasteiger partial charge in [0.05, 0.1) is 11.4 Å². The van der Waals surface area contributed by atoms with Crippen molar-refractivity contribution < 1.29 is 8.42 Å². The van der Waals surface area contributed by atoms with Gasteiger partial charge in [0, 0.05) is 12.0 Å². The molecule has 0 radical (unpaired) electrons. The Morgan fingerprint density at radius 3 is 2.74 bits per heavy atom. The number of hydrogen-bond donors (Lipinski definition) is 0. The van der Waals surface area contributed by atoms with Gasteiger partial charge in [-0.25, -0.2) is 8.42 Å². The van der Waals surface area contributed by atoms with Crippen LogP contribution in [0.3, 0.4) is 0 Å². The van der Waals surface area contributed by atoms with Crippen LogP contribution in [0.5, 0.6) is 0 Å². The molecule has 5 nitrogen and oxygen atoms in total. The summed E-state index contributed by atoms with van der Waals surface area (Å²) < 4.78 is 24.1. The number of sulfone groups is 1. The minimum atomic E-state index is -2.94. The third-order valence-corrected chi connectivity index (χ3v) is 4.73. The van der Waals surface area contributed by atoms with E-state index in [1.807, 2.05) is 35.8 Å². The molecule has 0 N–H and O–H groups in total. The molecule has 0 aliphatic rings. The number of rotatable bonds is 5. The molecule has 102 valence electrons. The molecule has 0 aliphatic carbocycles. The summed E-state index contributed by atoms with van der Waals surface area (Å²) in [6, 6.07) is 7.92. The van der Waals surface area contributed by atoms with Gasteiger partial charge >= 0.3 is 0 Å². The monoisotopic (exact) mass is 297 g/mol. The van der Waals surface area contributed by atoms with E-state index < -0.39 is 9.84 Å². The van der Waals surface area contributed by atoms with Crippen LogP contribution in [0.15, 0.2) is 35.7 Å². The molecule has 2 aromatic rings. The summed E-state index contributed by atoms with van der Waals surface area (Å²) in [4.78, 5) is 0. The van der Waals surface area contributed by atoms with Gasteiger partial charge in [-0.05, 0) is 18.6 Å². The molecule has 1 heterocycles. The van der Waals surface area contributed by atoms with Crippen molar-refractivity contribution in [3.63, 3.8) is 0 Å². The van der Waals surface area contributed by atoms with E-state index in [2.05, 4.69) is 10.2 Å². The van der Waals surface area contributed by atoms with Crippen molar-refractivity contribution in [2.75, 3.05) is 17.8 Å². The molecular formula is C12H15N3O2S2. The molecule has 0 aliphatic heterocycles. The third-order valence-electron chi connectivity index (χ3n) is 2.58. The minimum absolute atomic E-state index is 0.137. The summed E-state index contributed by atoms with van der Waals surface area (Å²) in [6.45, 7) is 2.01. The van der Waals surface area contributed by atoms with E-state index in [0.717, 1.165) is 11.3 Å². The maximum Gasteiger partial charge on any atom is 0.195 e. The molecule has 1 aromatic heterocycles. The van der Waals surface area contributed by atoms with Crippen molar-refractivity contribution in [2.45, 2.75) is 12.1 Å². The van der Waals surface area contributed by atoms with E-state index in [4.69, 9.17) is 0 Å². The summed E-state index contributed by atoms with van der Waals surface area (Å²) in [5, 5.41) is 8.64. The molecule has 1 aromatic carbocycles. The van der Waals surface area contributed by atoms with Gasteiger partial charge in [-0.3, -0.25) is 4.57 Å². The summed E-state index contributed by atoms with van der Waals surface area (Å²) in [7, 11) is -2.94. The van der Waals surface area contributed by atoms with Gasteiger partial charge in [-0.15, -0.1) is 10.2 Å². The highest BCUT2D eigenvalue weighted by molar-refractivity contribution is 8.00. The molecule has 0 saturated heterocycles. The molecule has 2 rings (SSSR count). The number of aryl methyl sites for hydroxylation is 1. The molecule has 0 fully saturated rings. The highest BCUT2D eigenvalue weighted by Crippen LogP contribution is 2.21. The predicted octanol–water partition coefficient (Wildman–Crippen LogP) is 1.71. The first-order valence-electron chi connectivity index (χ1n) is 5.74. The minimum Gasteiger partial charge on any atom is -0.276 e. The number of thioether (sulfide) groups is 1. The number of para-hydroxylation sites is 1. The largest absolute Gasteiger partial charge is 0.276 e. The zero-order chi connectivity index (χ0) is 13.9. The number of benzene rings is 1. The van der Waals surface area contributed by atoms with E-state index in [-0.39, 0.29) is 5.75 Å². The van der Waals surface area contributed by atoms with Crippen LogP contribution < -0.4 is 0 Å². The van der Waals surface area contributed by atoms with Gasteiger partial charge in [-0.2, -0.15) is 0 Å². The molecule has 0 unspecified atom stereocenters. The summed E-state index contributed by atoms with van der Waals surface area (Å²) in [5.74, 6) is 0.613. The first-order valence-corrected chi connectivity index (χ1v) is 8.78.